The molecule has 2 aromatic rings. The third-order valence-corrected chi connectivity index (χ3v) is 3.58. The zero-order valence-electron chi connectivity index (χ0n) is 13.5. The van der Waals surface area contributed by atoms with Crippen molar-refractivity contribution in [2.24, 2.45) is 5.10 Å². The Hall–Kier alpha value is -2.53. The van der Waals surface area contributed by atoms with Gasteiger partial charge >= 0.3 is 0 Å². The summed E-state index contributed by atoms with van der Waals surface area (Å²) in [5, 5.41) is 14.1. The maximum absolute atomic E-state index is 11.9. The van der Waals surface area contributed by atoms with Crippen LogP contribution in [0.2, 0.25) is 5.02 Å². The minimum absolute atomic E-state index is 0.140. The van der Waals surface area contributed by atoms with E-state index >= 15 is 0 Å². The maximum Gasteiger partial charge on any atom is 0.277 e. The third kappa shape index (κ3) is 4.99. The van der Waals surface area contributed by atoms with Crippen LogP contribution in [-0.4, -0.2) is 23.3 Å². The molecule has 0 unspecified atom stereocenters. The SMILES string of the molecule is CCC(=NNC(=O)COc1ccc(Cl)cc1C)c1ccc(O)cc1. The number of ether oxygens (including phenoxy) is 1. The Morgan fingerprint density at radius 1 is 1.25 bits per heavy atom. The minimum atomic E-state index is -0.353. The van der Waals surface area contributed by atoms with Gasteiger partial charge in [0.1, 0.15) is 11.5 Å². The molecule has 0 spiro atoms. The van der Waals surface area contributed by atoms with Gasteiger partial charge in [-0.2, -0.15) is 5.10 Å². The summed E-state index contributed by atoms with van der Waals surface area (Å²) in [7, 11) is 0. The zero-order chi connectivity index (χ0) is 17.5. The standard InChI is InChI=1S/C18H19ClN2O3/c1-3-16(13-4-7-15(22)8-5-13)20-21-18(23)11-24-17-9-6-14(19)10-12(17)2/h4-10,22H,3,11H2,1-2H3,(H,21,23). The summed E-state index contributed by atoms with van der Waals surface area (Å²) in [6.45, 7) is 3.65. The molecule has 0 aromatic heterocycles. The van der Waals surface area contributed by atoms with E-state index in [1.54, 1.807) is 42.5 Å². The molecule has 0 aliphatic carbocycles. The second-order valence-electron chi connectivity index (χ2n) is 5.19. The van der Waals surface area contributed by atoms with Crippen molar-refractivity contribution < 1.29 is 14.6 Å². The molecule has 0 atom stereocenters. The molecule has 24 heavy (non-hydrogen) atoms. The lowest BCUT2D eigenvalue weighted by atomic mass is 10.1. The van der Waals surface area contributed by atoms with E-state index in [4.69, 9.17) is 16.3 Å². The molecule has 0 saturated carbocycles. The summed E-state index contributed by atoms with van der Waals surface area (Å²) in [6.07, 6.45) is 0.641. The van der Waals surface area contributed by atoms with Crippen molar-refractivity contribution in [1.82, 2.24) is 5.43 Å². The monoisotopic (exact) mass is 346 g/mol. The second kappa shape index (κ2) is 8.36. The Bertz CT molecular complexity index is 742. The van der Waals surface area contributed by atoms with Gasteiger partial charge in [-0.15, -0.1) is 0 Å². The van der Waals surface area contributed by atoms with Crippen LogP contribution < -0.4 is 10.2 Å². The molecule has 0 fully saturated rings. The van der Waals surface area contributed by atoms with E-state index < -0.39 is 0 Å². The molecule has 126 valence electrons. The first-order chi connectivity index (χ1) is 11.5. The van der Waals surface area contributed by atoms with Gasteiger partial charge in [0.2, 0.25) is 0 Å². The van der Waals surface area contributed by atoms with Crippen LogP contribution in [0, 0.1) is 6.92 Å². The van der Waals surface area contributed by atoms with Gasteiger partial charge in [0, 0.05) is 5.02 Å². The van der Waals surface area contributed by atoms with Crippen molar-refractivity contribution >= 4 is 23.2 Å². The molecule has 0 heterocycles. The molecule has 2 N–H and O–H groups in total. The summed E-state index contributed by atoms with van der Waals surface area (Å²) in [5.74, 6) is 0.437. The van der Waals surface area contributed by atoms with Crippen LogP contribution in [0.1, 0.15) is 24.5 Å². The predicted molar refractivity (Wildman–Crippen MR) is 94.8 cm³/mol. The van der Waals surface area contributed by atoms with Gasteiger partial charge in [0.25, 0.3) is 5.91 Å². The Balaban J connectivity index is 1.94. The van der Waals surface area contributed by atoms with Crippen LogP contribution in [0.25, 0.3) is 0 Å². The maximum atomic E-state index is 11.9. The number of rotatable bonds is 6. The number of aryl methyl sites for hydroxylation is 1. The predicted octanol–water partition coefficient (Wildman–Crippen LogP) is 3.66. The van der Waals surface area contributed by atoms with Gasteiger partial charge < -0.3 is 9.84 Å². The molecule has 0 bridgehead atoms. The number of aromatic hydroxyl groups is 1. The van der Waals surface area contributed by atoms with Crippen LogP contribution in [0.5, 0.6) is 11.5 Å². The number of hydrazone groups is 1. The fraction of sp³-hybridized carbons (Fsp3) is 0.222. The average molecular weight is 347 g/mol. The van der Waals surface area contributed by atoms with E-state index in [2.05, 4.69) is 10.5 Å². The van der Waals surface area contributed by atoms with Gasteiger partial charge in [-0.3, -0.25) is 4.79 Å². The van der Waals surface area contributed by atoms with Gasteiger partial charge in [-0.1, -0.05) is 18.5 Å². The second-order valence-corrected chi connectivity index (χ2v) is 5.63. The molecule has 0 saturated heterocycles. The number of phenols is 1. The van der Waals surface area contributed by atoms with E-state index in [-0.39, 0.29) is 18.3 Å². The van der Waals surface area contributed by atoms with Crippen LogP contribution in [0.3, 0.4) is 0 Å². The van der Waals surface area contributed by atoms with Crippen LogP contribution in [0.15, 0.2) is 47.6 Å². The molecule has 0 aliphatic heterocycles. The highest BCUT2D eigenvalue weighted by Gasteiger charge is 2.06. The topological polar surface area (TPSA) is 70.9 Å². The van der Waals surface area contributed by atoms with E-state index in [1.165, 1.54) is 0 Å². The van der Waals surface area contributed by atoms with E-state index in [0.717, 1.165) is 11.1 Å². The van der Waals surface area contributed by atoms with Crippen molar-refractivity contribution in [3.8, 4) is 11.5 Å². The smallest absolute Gasteiger partial charge is 0.277 e. The summed E-state index contributed by atoms with van der Waals surface area (Å²) in [6, 6.07) is 11.9. The first-order valence-corrected chi connectivity index (χ1v) is 7.91. The summed E-state index contributed by atoms with van der Waals surface area (Å²) < 4.78 is 5.47. The number of benzene rings is 2. The van der Waals surface area contributed by atoms with Crippen molar-refractivity contribution in [1.29, 1.82) is 0 Å². The van der Waals surface area contributed by atoms with E-state index in [9.17, 15) is 9.90 Å². The van der Waals surface area contributed by atoms with Gasteiger partial charge in [-0.05, 0) is 66.9 Å². The molecule has 6 heteroatoms. The molecule has 2 aromatic carbocycles. The molecule has 5 nitrogen and oxygen atoms in total. The lowest BCUT2D eigenvalue weighted by Crippen LogP contribution is -2.26. The van der Waals surface area contributed by atoms with Crippen LogP contribution in [0.4, 0.5) is 0 Å². The normalized spacial score (nSPS) is 11.2. The number of amides is 1. The first kappa shape index (κ1) is 17.8. The zero-order valence-corrected chi connectivity index (χ0v) is 14.3. The molecular formula is C18H19ClN2O3. The molecule has 2 rings (SSSR count). The Morgan fingerprint density at radius 2 is 1.96 bits per heavy atom. The van der Waals surface area contributed by atoms with Gasteiger partial charge in [0.05, 0.1) is 5.71 Å². The molecule has 0 aliphatic rings. The fourth-order valence-electron chi connectivity index (χ4n) is 2.08. The number of halogens is 1. The van der Waals surface area contributed by atoms with Crippen LogP contribution >= 0.6 is 11.6 Å². The highest BCUT2D eigenvalue weighted by Crippen LogP contribution is 2.21. The molecule has 0 radical (unpaired) electrons. The molecular weight excluding hydrogens is 328 g/mol. The number of hydrogen-bond donors (Lipinski definition) is 2. The highest BCUT2D eigenvalue weighted by molar-refractivity contribution is 6.30. The van der Waals surface area contributed by atoms with Crippen molar-refractivity contribution in [2.45, 2.75) is 20.3 Å². The summed E-state index contributed by atoms with van der Waals surface area (Å²) in [4.78, 5) is 11.9. The summed E-state index contributed by atoms with van der Waals surface area (Å²) >= 11 is 5.88. The lowest BCUT2D eigenvalue weighted by Gasteiger charge is -2.09. The fourth-order valence-corrected chi connectivity index (χ4v) is 2.31. The first-order valence-electron chi connectivity index (χ1n) is 7.53. The number of nitrogens with one attached hydrogen (secondary N) is 1. The van der Waals surface area contributed by atoms with Crippen molar-refractivity contribution in [3.05, 3.63) is 58.6 Å². The lowest BCUT2D eigenvalue weighted by molar-refractivity contribution is -0.123. The number of carbonyl (C=O) groups is 1. The number of nitrogens with zero attached hydrogens (tertiary/aromatic N) is 1. The van der Waals surface area contributed by atoms with Crippen LogP contribution in [-0.2, 0) is 4.79 Å². The number of carbonyl (C=O) groups excluding carboxylic acids is 1. The quantitative estimate of drug-likeness (QED) is 0.619. The summed E-state index contributed by atoms with van der Waals surface area (Å²) in [5.41, 5.74) is 4.89. The Morgan fingerprint density at radius 3 is 2.58 bits per heavy atom. The Labute approximate surface area is 145 Å². The average Bonchev–Trinajstić information content (AvgIpc) is 2.56. The minimum Gasteiger partial charge on any atom is -0.508 e. The van der Waals surface area contributed by atoms with Gasteiger partial charge in [-0.25, -0.2) is 5.43 Å². The number of hydrogen-bond acceptors (Lipinski definition) is 4. The third-order valence-electron chi connectivity index (χ3n) is 3.35. The highest BCUT2D eigenvalue weighted by atomic mass is 35.5. The Kier molecular flexibility index (Phi) is 6.21. The van der Waals surface area contributed by atoms with Crippen molar-refractivity contribution in [3.63, 3.8) is 0 Å². The van der Waals surface area contributed by atoms with E-state index in [0.29, 0.717) is 22.9 Å². The largest absolute Gasteiger partial charge is 0.508 e. The number of phenolic OH excluding ortho intramolecular Hbond substituents is 1. The molecule has 1 amide bonds. The van der Waals surface area contributed by atoms with E-state index in [1.807, 2.05) is 13.8 Å². The van der Waals surface area contributed by atoms with Crippen molar-refractivity contribution in [2.75, 3.05) is 6.61 Å². The van der Waals surface area contributed by atoms with Gasteiger partial charge in [0.15, 0.2) is 6.61 Å².